The molecule has 1 N–H and O–H groups in total. The first-order valence-electron chi connectivity index (χ1n) is 20.3. The van der Waals surface area contributed by atoms with E-state index in [9.17, 15) is 9.59 Å². The number of hydrogen-bond donors (Lipinski definition) is 1. The second-order valence-corrected chi connectivity index (χ2v) is 16.1. The molecular formula is C44H67FO5. The zero-order chi connectivity index (χ0) is 35.9. The minimum absolute atomic E-state index is 0.0283. The summed E-state index contributed by atoms with van der Waals surface area (Å²) in [4.78, 5) is 23.7. The number of carbonyl (C=O) groups excluding carboxylic acids is 2. The van der Waals surface area contributed by atoms with Gasteiger partial charge in [-0.1, -0.05) is 70.7 Å². The number of esters is 2. The van der Waals surface area contributed by atoms with Crippen LogP contribution in [0.4, 0.5) is 4.39 Å². The second kappa shape index (κ2) is 21.2. The van der Waals surface area contributed by atoms with Crippen LogP contribution < -0.4 is 0 Å². The number of unbranched alkanes of at least 4 members (excludes halogenated alkanes) is 2. The Hall–Kier alpha value is -2.47. The number of rotatable bonds is 19. The molecule has 0 spiro atoms. The van der Waals surface area contributed by atoms with Crippen LogP contribution in [0.25, 0.3) is 0 Å². The van der Waals surface area contributed by atoms with Crippen molar-refractivity contribution in [2.45, 2.75) is 154 Å². The Balaban J connectivity index is 1.24. The van der Waals surface area contributed by atoms with Crippen molar-refractivity contribution in [2.24, 2.45) is 29.6 Å². The average Bonchev–Trinajstić information content (AvgIpc) is 3.14. The third-order valence-corrected chi connectivity index (χ3v) is 12.7. The third kappa shape index (κ3) is 12.3. The van der Waals surface area contributed by atoms with E-state index < -0.39 is 18.5 Å². The molecule has 1 aromatic rings. The number of aliphatic hydroxyl groups excluding tert-OH is 1. The molecule has 1 unspecified atom stereocenters. The van der Waals surface area contributed by atoms with Crippen LogP contribution in [0.1, 0.15) is 165 Å². The highest BCUT2D eigenvalue weighted by molar-refractivity contribution is 5.88. The Labute approximate surface area is 302 Å². The van der Waals surface area contributed by atoms with Gasteiger partial charge < -0.3 is 14.6 Å². The lowest BCUT2D eigenvalue weighted by molar-refractivity contribution is -0.140. The maximum absolute atomic E-state index is 15.8. The van der Waals surface area contributed by atoms with Gasteiger partial charge in [-0.2, -0.15) is 0 Å². The van der Waals surface area contributed by atoms with Crippen molar-refractivity contribution in [3.63, 3.8) is 0 Å². The fourth-order valence-electron chi connectivity index (χ4n) is 9.51. The first-order chi connectivity index (χ1) is 24.2. The number of ether oxygens (including phenoxy) is 2. The van der Waals surface area contributed by atoms with E-state index in [1.54, 1.807) is 13.0 Å². The van der Waals surface area contributed by atoms with Gasteiger partial charge in [0.05, 0.1) is 25.4 Å². The van der Waals surface area contributed by atoms with Crippen LogP contribution in [-0.2, 0) is 19.1 Å². The van der Waals surface area contributed by atoms with Crippen molar-refractivity contribution in [2.75, 3.05) is 19.8 Å². The summed E-state index contributed by atoms with van der Waals surface area (Å²) < 4.78 is 26.3. The van der Waals surface area contributed by atoms with Gasteiger partial charge in [-0.05, 0) is 155 Å². The van der Waals surface area contributed by atoms with Crippen molar-refractivity contribution >= 4 is 11.9 Å². The highest BCUT2D eigenvalue weighted by atomic mass is 19.1. The van der Waals surface area contributed by atoms with Crippen LogP contribution in [0.2, 0.25) is 0 Å². The Morgan fingerprint density at radius 3 is 1.80 bits per heavy atom. The molecule has 1 atom stereocenters. The van der Waals surface area contributed by atoms with E-state index in [-0.39, 0.29) is 36.4 Å². The Bertz CT molecular complexity index is 1220. The summed E-state index contributed by atoms with van der Waals surface area (Å²) in [6.07, 6.45) is 24.4. The van der Waals surface area contributed by atoms with E-state index in [2.05, 4.69) is 26.1 Å². The van der Waals surface area contributed by atoms with Crippen LogP contribution >= 0.6 is 0 Å². The molecule has 50 heavy (non-hydrogen) atoms. The third-order valence-electron chi connectivity index (χ3n) is 12.7. The normalized spacial score (nSPS) is 26.2. The number of aliphatic hydroxyl groups is 1. The molecule has 0 amide bonds. The largest absolute Gasteiger partial charge is 0.462 e. The van der Waals surface area contributed by atoms with Gasteiger partial charge in [0.1, 0.15) is 5.82 Å². The maximum atomic E-state index is 15.8. The van der Waals surface area contributed by atoms with Crippen molar-refractivity contribution in [1.82, 2.24) is 0 Å². The van der Waals surface area contributed by atoms with E-state index in [0.29, 0.717) is 31.3 Å². The molecule has 5 nitrogen and oxygen atoms in total. The number of carbonyl (C=O) groups is 2. The Morgan fingerprint density at radius 1 is 0.780 bits per heavy atom. The molecule has 1 aromatic carbocycles. The van der Waals surface area contributed by atoms with E-state index in [4.69, 9.17) is 14.6 Å². The summed E-state index contributed by atoms with van der Waals surface area (Å²) in [6, 6.07) is 5.80. The topological polar surface area (TPSA) is 72.8 Å². The highest BCUT2D eigenvalue weighted by Gasteiger charge is 2.35. The molecule has 0 aromatic heterocycles. The maximum Gasteiger partial charge on any atom is 0.335 e. The van der Waals surface area contributed by atoms with Gasteiger partial charge in [-0.3, -0.25) is 0 Å². The van der Waals surface area contributed by atoms with Gasteiger partial charge in [0, 0.05) is 5.57 Å². The van der Waals surface area contributed by atoms with E-state index >= 15 is 4.39 Å². The smallest absolute Gasteiger partial charge is 0.335 e. The van der Waals surface area contributed by atoms with Gasteiger partial charge in [0.25, 0.3) is 0 Å². The molecular weight excluding hydrogens is 627 g/mol. The minimum atomic E-state index is -0.598. The van der Waals surface area contributed by atoms with Crippen molar-refractivity contribution in [3.05, 3.63) is 59.4 Å². The molecule has 6 heteroatoms. The van der Waals surface area contributed by atoms with Gasteiger partial charge in [0.2, 0.25) is 0 Å². The first kappa shape index (κ1) is 40.3. The van der Waals surface area contributed by atoms with Gasteiger partial charge >= 0.3 is 11.9 Å². The molecule has 0 aliphatic heterocycles. The van der Waals surface area contributed by atoms with Crippen LogP contribution in [0.5, 0.6) is 0 Å². The Morgan fingerprint density at radius 2 is 1.30 bits per heavy atom. The van der Waals surface area contributed by atoms with Crippen molar-refractivity contribution in [3.8, 4) is 0 Å². The SMILES string of the molecule is C=C(C)C(=O)OCCCC(CCCOC(=O)C(=C)CO)c1ccc(C2CCC(C3CCC(C4CCC(CCCCC)CC4)CC3)CC2)c(F)c1. The zero-order valence-corrected chi connectivity index (χ0v) is 31.4. The van der Waals surface area contributed by atoms with Crippen LogP contribution in [-0.4, -0.2) is 36.9 Å². The molecule has 4 rings (SSSR count). The summed E-state index contributed by atoms with van der Waals surface area (Å²) in [5, 5.41) is 9.11. The van der Waals surface area contributed by atoms with Crippen molar-refractivity contribution in [1.29, 1.82) is 0 Å². The summed E-state index contributed by atoms with van der Waals surface area (Å²) >= 11 is 0. The number of hydrogen-bond acceptors (Lipinski definition) is 5. The molecule has 3 fully saturated rings. The zero-order valence-electron chi connectivity index (χ0n) is 31.4. The van der Waals surface area contributed by atoms with Crippen molar-refractivity contribution < 1.29 is 28.6 Å². The Kier molecular flexibility index (Phi) is 17.0. The summed E-state index contributed by atoms with van der Waals surface area (Å²) in [5.41, 5.74) is 2.18. The summed E-state index contributed by atoms with van der Waals surface area (Å²) in [7, 11) is 0. The highest BCUT2D eigenvalue weighted by Crippen LogP contribution is 2.48. The second-order valence-electron chi connectivity index (χ2n) is 16.1. The van der Waals surface area contributed by atoms with E-state index in [1.807, 2.05) is 6.07 Å². The fraction of sp³-hybridized carbons (Fsp3) is 0.727. The quantitative estimate of drug-likeness (QED) is 0.0886. The predicted molar refractivity (Wildman–Crippen MR) is 200 cm³/mol. The monoisotopic (exact) mass is 694 g/mol. The lowest BCUT2D eigenvalue weighted by atomic mass is 9.64. The number of benzene rings is 1. The number of halogens is 1. The van der Waals surface area contributed by atoms with E-state index in [0.717, 1.165) is 53.6 Å². The molecule has 280 valence electrons. The van der Waals surface area contributed by atoms with Crippen LogP contribution in [0.15, 0.2) is 42.5 Å². The van der Waals surface area contributed by atoms with E-state index in [1.165, 1.54) is 89.9 Å². The molecule has 0 heterocycles. The summed E-state index contributed by atoms with van der Waals surface area (Å²) in [5.74, 6) is 3.81. The summed E-state index contributed by atoms with van der Waals surface area (Å²) in [6.45, 7) is 11.1. The standard InChI is InChI=1S/C44H67FO5/c1-5-6-7-10-33-13-15-35(16-14-33)36-17-19-37(20-18-36)38-21-23-39(24-22-38)41-26-25-40(29-42(41)45)34(11-8-27-49-43(47)31(2)3)12-9-28-50-44(48)32(4)30-46/h25-26,29,33-39,46H,2,4-24,27-28,30H2,1,3H3. The molecule has 0 bridgehead atoms. The predicted octanol–water partition coefficient (Wildman–Crippen LogP) is 11.1. The molecule has 3 aliphatic carbocycles. The molecule has 3 saturated carbocycles. The fourth-order valence-corrected chi connectivity index (χ4v) is 9.51. The van der Waals surface area contributed by atoms with Crippen LogP contribution in [0.3, 0.4) is 0 Å². The molecule has 0 radical (unpaired) electrons. The average molecular weight is 695 g/mol. The van der Waals surface area contributed by atoms with Crippen LogP contribution in [0, 0.1) is 35.4 Å². The van der Waals surface area contributed by atoms with Gasteiger partial charge in [-0.25, -0.2) is 14.0 Å². The molecule has 0 saturated heterocycles. The first-order valence-corrected chi connectivity index (χ1v) is 20.3. The lowest BCUT2D eigenvalue weighted by Crippen LogP contribution is -2.29. The minimum Gasteiger partial charge on any atom is -0.462 e. The van der Waals surface area contributed by atoms with Gasteiger partial charge in [-0.15, -0.1) is 0 Å². The molecule has 3 aliphatic rings. The lowest BCUT2D eigenvalue weighted by Gasteiger charge is -2.41. The van der Waals surface area contributed by atoms with Gasteiger partial charge in [0.15, 0.2) is 0 Å².